The number of likely N-dealkylation sites (tertiary alicyclic amines) is 1. The number of rotatable bonds is 7. The molecule has 198 valence electrons. The van der Waals surface area contributed by atoms with Gasteiger partial charge in [0.05, 0.1) is 23.0 Å². The van der Waals surface area contributed by atoms with Crippen LogP contribution in [-0.4, -0.2) is 68.7 Å². The van der Waals surface area contributed by atoms with Crippen LogP contribution in [0.3, 0.4) is 0 Å². The number of benzene rings is 1. The molecule has 0 bridgehead atoms. The Labute approximate surface area is 227 Å². The third kappa shape index (κ3) is 5.21. The zero-order valence-electron chi connectivity index (χ0n) is 22.2. The molecule has 1 aromatic carbocycles. The number of amides is 3. The van der Waals surface area contributed by atoms with Crippen molar-refractivity contribution in [1.82, 2.24) is 25.4 Å². The van der Waals surface area contributed by atoms with Gasteiger partial charge in [0.1, 0.15) is 18.8 Å². The maximum atomic E-state index is 13.8. The maximum absolute atomic E-state index is 13.8. The Balaban J connectivity index is 1.39. The fourth-order valence-corrected chi connectivity index (χ4v) is 6.39. The highest BCUT2D eigenvalue weighted by atomic mass is 32.1. The first-order chi connectivity index (χ1) is 18.4. The summed E-state index contributed by atoms with van der Waals surface area (Å²) in [6.45, 7) is 9.41. The molecule has 4 aromatic rings. The number of nitrogens with one attached hydrogen (secondary N) is 2. The van der Waals surface area contributed by atoms with Crippen LogP contribution in [0.2, 0.25) is 0 Å². The first kappa shape index (κ1) is 26.1. The number of thiophene rings is 1. The summed E-state index contributed by atoms with van der Waals surface area (Å²) < 4.78 is 0.347. The van der Waals surface area contributed by atoms with Crippen molar-refractivity contribution in [2.75, 3.05) is 26.2 Å². The average Bonchev–Trinajstić information content (AvgIpc) is 3.59. The highest BCUT2D eigenvalue weighted by Crippen LogP contribution is 2.29. The van der Waals surface area contributed by atoms with Crippen LogP contribution >= 0.6 is 11.3 Å². The minimum Gasteiger partial charge on any atom is -0.344 e. The molecular weight excluding hydrogens is 496 g/mol. The molecule has 5 rings (SSSR count). The number of hydrogen-bond donors (Lipinski definition) is 2. The van der Waals surface area contributed by atoms with Crippen molar-refractivity contribution in [3.05, 3.63) is 70.2 Å². The minimum atomic E-state index is -0.124. The van der Waals surface area contributed by atoms with E-state index in [-0.39, 0.29) is 18.0 Å². The zero-order chi connectivity index (χ0) is 26.7. The lowest BCUT2D eigenvalue weighted by molar-refractivity contribution is -0.873. The number of fused-ring (bicyclic) bond motifs is 1. The Bertz CT molecular complexity index is 1430. The van der Waals surface area contributed by atoms with Gasteiger partial charge >= 0.3 is 6.03 Å². The van der Waals surface area contributed by atoms with Crippen molar-refractivity contribution >= 4 is 34.2 Å². The van der Waals surface area contributed by atoms with Gasteiger partial charge < -0.3 is 5.32 Å². The number of quaternary nitrogens is 1. The molecule has 1 saturated heterocycles. The lowest BCUT2D eigenvalue weighted by Crippen LogP contribution is -2.64. The van der Waals surface area contributed by atoms with Crippen molar-refractivity contribution in [1.29, 1.82) is 0 Å². The van der Waals surface area contributed by atoms with E-state index in [0.29, 0.717) is 36.2 Å². The minimum absolute atomic E-state index is 0.0851. The molecule has 2 N–H and O–H groups in total. The molecule has 2 atom stereocenters. The largest absolute Gasteiger partial charge is 0.419 e. The molecule has 3 aromatic heterocycles. The molecule has 4 heterocycles. The first-order valence-electron chi connectivity index (χ1n) is 13.3. The van der Waals surface area contributed by atoms with Crippen molar-refractivity contribution in [2.45, 2.75) is 46.2 Å². The van der Waals surface area contributed by atoms with Crippen LogP contribution in [0.15, 0.2) is 54.0 Å². The van der Waals surface area contributed by atoms with Gasteiger partial charge in [-0.25, -0.2) is 9.28 Å². The van der Waals surface area contributed by atoms with E-state index < -0.39 is 0 Å². The fourth-order valence-electron chi connectivity index (χ4n) is 5.58. The predicted molar refractivity (Wildman–Crippen MR) is 151 cm³/mol. The smallest absolute Gasteiger partial charge is 0.344 e. The van der Waals surface area contributed by atoms with Gasteiger partial charge in [0.15, 0.2) is 0 Å². The zero-order valence-corrected chi connectivity index (χ0v) is 23.1. The SMILES string of the molecule is CCN(CC)C(=O)[N+]1(Cc2cccs2)CCC[C@@H](NC(=O)c2ccc3[nH]nc(-c4ccnc(C)c4)c3c2)C1. The van der Waals surface area contributed by atoms with E-state index in [2.05, 4.69) is 31.9 Å². The Hall–Kier alpha value is -3.56. The molecule has 38 heavy (non-hydrogen) atoms. The number of hydrogen-bond acceptors (Lipinski definition) is 5. The number of pyridine rings is 1. The number of piperidine rings is 1. The number of aryl methyl sites for hydroxylation is 1. The van der Waals surface area contributed by atoms with Gasteiger partial charge in [-0.3, -0.25) is 19.8 Å². The van der Waals surface area contributed by atoms with Crippen molar-refractivity contribution in [3.63, 3.8) is 0 Å². The number of carbonyl (C=O) groups excluding carboxylic acids is 2. The summed E-state index contributed by atoms with van der Waals surface area (Å²) in [5, 5.41) is 13.8. The lowest BCUT2D eigenvalue weighted by atomic mass is 10.0. The second-order valence-corrected chi connectivity index (χ2v) is 11.1. The van der Waals surface area contributed by atoms with Crippen molar-refractivity contribution in [3.8, 4) is 11.3 Å². The number of aromatic nitrogens is 3. The number of carbonyl (C=O) groups is 2. The molecular formula is C29H35N6O2S+. The summed E-state index contributed by atoms with van der Waals surface area (Å²) in [6, 6.07) is 13.7. The van der Waals surface area contributed by atoms with Crippen LogP contribution in [0.1, 0.15) is 47.6 Å². The second kappa shape index (κ2) is 11.0. The van der Waals surface area contributed by atoms with Gasteiger partial charge in [0, 0.05) is 41.5 Å². The van der Waals surface area contributed by atoms with E-state index in [1.54, 1.807) is 17.5 Å². The molecule has 3 amide bonds. The predicted octanol–water partition coefficient (Wildman–Crippen LogP) is 5.37. The van der Waals surface area contributed by atoms with E-state index in [0.717, 1.165) is 47.2 Å². The van der Waals surface area contributed by atoms with Gasteiger partial charge in [-0.05, 0) is 75.4 Å². The number of nitrogens with zero attached hydrogens (tertiary/aromatic N) is 4. The second-order valence-electron chi connectivity index (χ2n) is 10.1. The van der Waals surface area contributed by atoms with Gasteiger partial charge in [0.2, 0.25) is 0 Å². The molecule has 0 saturated carbocycles. The molecule has 0 spiro atoms. The first-order valence-corrected chi connectivity index (χ1v) is 14.2. The summed E-state index contributed by atoms with van der Waals surface area (Å²) >= 11 is 1.69. The van der Waals surface area contributed by atoms with Gasteiger partial charge in [-0.1, -0.05) is 6.07 Å². The van der Waals surface area contributed by atoms with Crippen LogP contribution in [0.5, 0.6) is 0 Å². The normalized spacial score (nSPS) is 19.4. The molecule has 8 nitrogen and oxygen atoms in total. The van der Waals surface area contributed by atoms with E-state index in [9.17, 15) is 9.59 Å². The highest BCUT2D eigenvalue weighted by molar-refractivity contribution is 7.09. The van der Waals surface area contributed by atoms with Crippen LogP contribution in [-0.2, 0) is 6.54 Å². The standard InChI is InChI=1S/C29H34N6O2S/c1-4-34(5-2)29(37)35(19-24-9-7-15-38-24)14-6-8-23(18-35)31-28(36)22-10-11-26-25(17-22)27(33-32-26)21-12-13-30-20(3)16-21/h7,9-13,15-17,23H,4-6,8,14,18-19H2,1-3H3,(H-,30,31,32,33,36)/p+1/t23-,35?/m1/s1. The average molecular weight is 532 g/mol. The lowest BCUT2D eigenvalue weighted by Gasteiger charge is -2.43. The van der Waals surface area contributed by atoms with Crippen LogP contribution < -0.4 is 5.32 Å². The fraction of sp³-hybridized carbons (Fsp3) is 0.379. The van der Waals surface area contributed by atoms with E-state index in [1.165, 1.54) is 4.88 Å². The molecule has 1 fully saturated rings. The van der Waals surface area contributed by atoms with Gasteiger partial charge in [-0.15, -0.1) is 11.3 Å². The molecule has 0 aliphatic carbocycles. The summed E-state index contributed by atoms with van der Waals surface area (Å²) in [7, 11) is 0. The Kier molecular flexibility index (Phi) is 7.58. The number of H-pyrrole nitrogens is 1. The third-order valence-corrected chi connectivity index (χ3v) is 8.38. The van der Waals surface area contributed by atoms with Crippen molar-refractivity contribution < 1.29 is 14.1 Å². The molecule has 1 aliphatic rings. The maximum Gasteiger partial charge on any atom is 0.419 e. The van der Waals surface area contributed by atoms with Crippen LogP contribution in [0.4, 0.5) is 4.79 Å². The van der Waals surface area contributed by atoms with Crippen molar-refractivity contribution in [2.24, 2.45) is 0 Å². The number of urea groups is 1. The van der Waals surface area contributed by atoms with Crippen LogP contribution in [0.25, 0.3) is 22.2 Å². The van der Waals surface area contributed by atoms with E-state index in [1.807, 2.05) is 62.1 Å². The molecule has 1 unspecified atom stereocenters. The van der Waals surface area contributed by atoms with E-state index >= 15 is 0 Å². The van der Waals surface area contributed by atoms with Gasteiger partial charge in [-0.2, -0.15) is 5.10 Å². The quantitative estimate of drug-likeness (QED) is 0.314. The van der Waals surface area contributed by atoms with Crippen LogP contribution in [0, 0.1) is 6.92 Å². The summed E-state index contributed by atoms with van der Waals surface area (Å²) in [6.07, 6.45) is 3.51. The monoisotopic (exact) mass is 531 g/mol. The molecule has 9 heteroatoms. The summed E-state index contributed by atoms with van der Waals surface area (Å²) in [5.41, 5.74) is 4.13. The summed E-state index contributed by atoms with van der Waals surface area (Å²) in [4.78, 5) is 34.7. The summed E-state index contributed by atoms with van der Waals surface area (Å²) in [5.74, 6) is -0.124. The molecule has 0 radical (unpaired) electrons. The van der Waals surface area contributed by atoms with E-state index in [4.69, 9.17) is 0 Å². The number of aromatic amines is 1. The highest BCUT2D eigenvalue weighted by Gasteiger charge is 2.44. The third-order valence-electron chi connectivity index (χ3n) is 7.52. The Morgan fingerprint density at radius 2 is 2.03 bits per heavy atom. The Morgan fingerprint density at radius 3 is 2.76 bits per heavy atom. The van der Waals surface area contributed by atoms with Gasteiger partial charge in [0.25, 0.3) is 5.91 Å². The Morgan fingerprint density at radius 1 is 1.18 bits per heavy atom. The topological polar surface area (TPSA) is 91.0 Å². The molecule has 1 aliphatic heterocycles.